The van der Waals surface area contributed by atoms with Gasteiger partial charge in [0, 0.05) is 11.5 Å². The van der Waals surface area contributed by atoms with E-state index in [0.29, 0.717) is 10.9 Å². The SMILES string of the molecule is COc1cc(C(=O)O)cc2cc(F)nnc12. The largest absolute Gasteiger partial charge is 0.494 e. The number of carbonyl (C=O) groups is 1. The van der Waals surface area contributed by atoms with E-state index in [1.165, 1.54) is 19.2 Å². The van der Waals surface area contributed by atoms with Gasteiger partial charge in [-0.05, 0) is 12.1 Å². The highest BCUT2D eigenvalue weighted by Gasteiger charge is 2.11. The number of carboxylic acid groups (broad SMARTS) is 1. The minimum atomic E-state index is -1.11. The van der Waals surface area contributed by atoms with E-state index in [-0.39, 0.29) is 11.3 Å². The number of nitrogens with zero attached hydrogens (tertiary/aromatic N) is 2. The average Bonchev–Trinajstić information content (AvgIpc) is 2.26. The molecule has 2 aromatic rings. The van der Waals surface area contributed by atoms with Gasteiger partial charge < -0.3 is 9.84 Å². The number of carboxylic acids is 1. The summed E-state index contributed by atoms with van der Waals surface area (Å²) in [7, 11) is 1.38. The van der Waals surface area contributed by atoms with Crippen LogP contribution in [0.3, 0.4) is 0 Å². The van der Waals surface area contributed by atoms with E-state index in [4.69, 9.17) is 9.84 Å². The van der Waals surface area contributed by atoms with Gasteiger partial charge in [0.1, 0.15) is 11.3 Å². The number of rotatable bonds is 2. The fraction of sp³-hybridized carbons (Fsp3) is 0.100. The molecule has 16 heavy (non-hydrogen) atoms. The minimum absolute atomic E-state index is 0.0109. The summed E-state index contributed by atoms with van der Waals surface area (Å²) in [6, 6.07) is 3.74. The molecule has 0 atom stereocenters. The second kappa shape index (κ2) is 3.73. The van der Waals surface area contributed by atoms with Crippen LogP contribution in [0.1, 0.15) is 10.4 Å². The van der Waals surface area contributed by atoms with Gasteiger partial charge in [-0.3, -0.25) is 0 Å². The van der Waals surface area contributed by atoms with Crippen LogP contribution in [0.4, 0.5) is 4.39 Å². The number of fused-ring (bicyclic) bond motifs is 1. The highest BCUT2D eigenvalue weighted by Crippen LogP contribution is 2.25. The number of hydrogen-bond acceptors (Lipinski definition) is 4. The smallest absolute Gasteiger partial charge is 0.335 e. The Morgan fingerprint density at radius 3 is 2.75 bits per heavy atom. The van der Waals surface area contributed by atoms with Crippen LogP contribution in [0.2, 0.25) is 0 Å². The number of aromatic carboxylic acids is 1. The van der Waals surface area contributed by atoms with Crippen LogP contribution >= 0.6 is 0 Å². The Kier molecular flexibility index (Phi) is 2.40. The lowest BCUT2D eigenvalue weighted by Gasteiger charge is -2.05. The fourth-order valence-electron chi connectivity index (χ4n) is 1.38. The predicted molar refractivity (Wildman–Crippen MR) is 53.0 cm³/mol. The summed E-state index contributed by atoms with van der Waals surface area (Å²) < 4.78 is 17.8. The molecule has 6 heteroatoms. The van der Waals surface area contributed by atoms with Gasteiger partial charge >= 0.3 is 5.97 Å². The standard InChI is InChI=1S/C10H7FN2O3/c1-16-7-3-6(10(14)15)2-5-4-8(11)12-13-9(5)7/h2-4H,1H3,(H,14,15). The van der Waals surface area contributed by atoms with Gasteiger partial charge in [-0.2, -0.15) is 4.39 Å². The van der Waals surface area contributed by atoms with E-state index >= 15 is 0 Å². The molecule has 5 nitrogen and oxygen atoms in total. The third-order valence-corrected chi connectivity index (χ3v) is 2.09. The molecule has 1 N–H and O–H groups in total. The van der Waals surface area contributed by atoms with Gasteiger partial charge in [0.15, 0.2) is 0 Å². The van der Waals surface area contributed by atoms with E-state index in [9.17, 15) is 9.18 Å². The second-order valence-electron chi connectivity index (χ2n) is 3.09. The van der Waals surface area contributed by atoms with E-state index in [1.807, 2.05) is 0 Å². The first kappa shape index (κ1) is 10.3. The Balaban J connectivity index is 2.78. The molecule has 82 valence electrons. The highest BCUT2D eigenvalue weighted by atomic mass is 19.1. The molecule has 0 radical (unpaired) electrons. The number of aromatic nitrogens is 2. The molecule has 0 spiro atoms. The molecule has 1 heterocycles. The summed E-state index contributed by atoms with van der Waals surface area (Å²) >= 11 is 0. The summed E-state index contributed by atoms with van der Waals surface area (Å²) in [5, 5.41) is 16.0. The van der Waals surface area contributed by atoms with Crippen molar-refractivity contribution in [3.8, 4) is 5.75 Å². The zero-order valence-electron chi connectivity index (χ0n) is 8.27. The van der Waals surface area contributed by atoms with Crippen LogP contribution in [-0.2, 0) is 0 Å². The molecule has 2 rings (SSSR count). The number of hydrogen-bond donors (Lipinski definition) is 1. The van der Waals surface area contributed by atoms with Crippen molar-refractivity contribution >= 4 is 16.9 Å². The van der Waals surface area contributed by atoms with Gasteiger partial charge in [0.25, 0.3) is 0 Å². The van der Waals surface area contributed by atoms with E-state index < -0.39 is 11.9 Å². The first-order valence-corrected chi connectivity index (χ1v) is 4.36. The van der Waals surface area contributed by atoms with Crippen LogP contribution in [0, 0.1) is 5.95 Å². The van der Waals surface area contributed by atoms with Gasteiger partial charge in [0.05, 0.1) is 12.7 Å². The monoisotopic (exact) mass is 222 g/mol. The fourth-order valence-corrected chi connectivity index (χ4v) is 1.38. The van der Waals surface area contributed by atoms with Crippen molar-refractivity contribution in [2.24, 2.45) is 0 Å². The second-order valence-corrected chi connectivity index (χ2v) is 3.09. The number of halogens is 1. The zero-order chi connectivity index (χ0) is 11.7. The topological polar surface area (TPSA) is 72.3 Å². The van der Waals surface area contributed by atoms with Gasteiger partial charge in [-0.25, -0.2) is 4.79 Å². The third kappa shape index (κ3) is 1.65. The van der Waals surface area contributed by atoms with Gasteiger partial charge in [-0.15, -0.1) is 10.2 Å². The lowest BCUT2D eigenvalue weighted by Crippen LogP contribution is -1.99. The lowest BCUT2D eigenvalue weighted by atomic mass is 10.1. The Morgan fingerprint density at radius 2 is 2.12 bits per heavy atom. The molecule has 1 aromatic heterocycles. The maximum Gasteiger partial charge on any atom is 0.335 e. The van der Waals surface area contributed by atoms with Crippen molar-refractivity contribution in [3.63, 3.8) is 0 Å². The third-order valence-electron chi connectivity index (χ3n) is 2.09. The molecular weight excluding hydrogens is 215 g/mol. The van der Waals surface area contributed by atoms with Crippen molar-refractivity contribution in [2.45, 2.75) is 0 Å². The summed E-state index contributed by atoms with van der Waals surface area (Å²) in [6.07, 6.45) is 0. The van der Waals surface area contributed by atoms with Gasteiger partial charge in [-0.1, -0.05) is 0 Å². The van der Waals surface area contributed by atoms with Crippen LogP contribution in [-0.4, -0.2) is 28.4 Å². The summed E-state index contributed by atoms with van der Waals surface area (Å²) in [5.41, 5.74) is 0.339. The molecule has 0 aliphatic heterocycles. The Morgan fingerprint density at radius 1 is 1.38 bits per heavy atom. The van der Waals surface area contributed by atoms with Crippen LogP contribution in [0.5, 0.6) is 5.75 Å². The molecular formula is C10H7FN2O3. The molecule has 1 aromatic carbocycles. The number of ether oxygens (including phenoxy) is 1. The lowest BCUT2D eigenvalue weighted by molar-refractivity contribution is 0.0696. The van der Waals surface area contributed by atoms with Crippen molar-refractivity contribution < 1.29 is 19.0 Å². The molecule has 0 aliphatic carbocycles. The Hall–Kier alpha value is -2.24. The quantitative estimate of drug-likeness (QED) is 0.833. The molecule has 0 bridgehead atoms. The first-order valence-electron chi connectivity index (χ1n) is 4.36. The normalized spacial score (nSPS) is 10.4. The first-order chi connectivity index (χ1) is 7.61. The van der Waals surface area contributed by atoms with E-state index in [2.05, 4.69) is 10.2 Å². The maximum atomic E-state index is 12.8. The van der Waals surface area contributed by atoms with E-state index in [0.717, 1.165) is 6.07 Å². The van der Waals surface area contributed by atoms with Crippen LogP contribution in [0.25, 0.3) is 10.9 Å². The molecule has 0 fully saturated rings. The van der Waals surface area contributed by atoms with Crippen LogP contribution in [0.15, 0.2) is 18.2 Å². The Labute approximate surface area is 89.5 Å². The van der Waals surface area contributed by atoms with Crippen molar-refractivity contribution in [2.75, 3.05) is 7.11 Å². The van der Waals surface area contributed by atoms with E-state index in [1.54, 1.807) is 0 Å². The van der Waals surface area contributed by atoms with Crippen molar-refractivity contribution in [1.82, 2.24) is 10.2 Å². The molecule has 0 saturated carbocycles. The zero-order valence-corrected chi connectivity index (χ0v) is 8.27. The summed E-state index contributed by atoms with van der Waals surface area (Å²) in [5.74, 6) is -1.63. The number of methoxy groups -OCH3 is 1. The van der Waals surface area contributed by atoms with Gasteiger partial charge in [0.2, 0.25) is 5.95 Å². The van der Waals surface area contributed by atoms with Crippen LogP contribution < -0.4 is 4.74 Å². The van der Waals surface area contributed by atoms with Crippen molar-refractivity contribution in [1.29, 1.82) is 0 Å². The maximum absolute atomic E-state index is 12.8. The predicted octanol–water partition coefficient (Wildman–Crippen LogP) is 1.48. The highest BCUT2D eigenvalue weighted by molar-refractivity contribution is 5.95. The van der Waals surface area contributed by atoms with Crippen molar-refractivity contribution in [3.05, 3.63) is 29.7 Å². The minimum Gasteiger partial charge on any atom is -0.494 e. The molecule has 0 amide bonds. The average molecular weight is 222 g/mol. The molecule has 0 saturated heterocycles. The molecule has 0 aliphatic rings. The summed E-state index contributed by atoms with van der Waals surface area (Å²) in [6.45, 7) is 0. The molecule has 0 unspecified atom stereocenters. The summed E-state index contributed by atoms with van der Waals surface area (Å²) in [4.78, 5) is 10.8. The Bertz CT molecular complexity index is 571. The number of benzene rings is 1.